The maximum absolute atomic E-state index is 11.4. The quantitative estimate of drug-likeness (QED) is 0.676. The minimum Gasteiger partial charge on any atom is -0.395 e. The lowest BCUT2D eigenvalue weighted by atomic mass is 10.2. The van der Waals surface area contributed by atoms with Crippen molar-refractivity contribution in [3.05, 3.63) is 0 Å². The maximum atomic E-state index is 11.4. The molecule has 0 spiro atoms. The molecule has 1 saturated carbocycles. The number of hydrogen-bond donors (Lipinski definition) is 2. The van der Waals surface area contributed by atoms with Crippen LogP contribution in [0.5, 0.6) is 0 Å². The molecule has 94 valence electrons. The molecular formula is C12H24N2O2. The zero-order valence-corrected chi connectivity index (χ0v) is 10.2. The summed E-state index contributed by atoms with van der Waals surface area (Å²) in [7, 11) is 0. The third-order valence-electron chi connectivity index (χ3n) is 3.23. The van der Waals surface area contributed by atoms with Gasteiger partial charge in [-0.05, 0) is 19.8 Å². The lowest BCUT2D eigenvalue weighted by molar-refractivity contribution is -0.121. The molecule has 0 aromatic rings. The summed E-state index contributed by atoms with van der Waals surface area (Å²) in [5.74, 6) is 0.114. The number of amides is 1. The van der Waals surface area contributed by atoms with Gasteiger partial charge in [-0.2, -0.15) is 0 Å². The molecule has 1 fully saturated rings. The van der Waals surface area contributed by atoms with Crippen molar-refractivity contribution >= 4 is 5.91 Å². The molecule has 0 aromatic carbocycles. The van der Waals surface area contributed by atoms with E-state index in [0.29, 0.717) is 25.6 Å². The third kappa shape index (κ3) is 4.49. The average molecular weight is 228 g/mol. The fourth-order valence-corrected chi connectivity index (χ4v) is 2.41. The number of carbonyl (C=O) groups is 1. The topological polar surface area (TPSA) is 52.6 Å². The summed E-state index contributed by atoms with van der Waals surface area (Å²) in [5.41, 5.74) is 0. The number of hydrogen-bond acceptors (Lipinski definition) is 3. The van der Waals surface area contributed by atoms with Crippen LogP contribution >= 0.6 is 0 Å². The lowest BCUT2D eigenvalue weighted by Crippen LogP contribution is -2.38. The minimum absolute atomic E-state index is 0.114. The first-order valence-corrected chi connectivity index (χ1v) is 6.39. The number of nitrogens with zero attached hydrogens (tertiary/aromatic N) is 1. The standard InChI is InChI=1S/C12H24N2O2/c1-2-13-12(16)7-8-14(9-10-15)11-5-3-4-6-11/h11,15H,2-10H2,1H3,(H,13,16). The summed E-state index contributed by atoms with van der Waals surface area (Å²) in [5, 5.41) is 11.8. The van der Waals surface area contributed by atoms with Gasteiger partial charge >= 0.3 is 0 Å². The van der Waals surface area contributed by atoms with Crippen molar-refractivity contribution in [2.45, 2.75) is 45.1 Å². The molecule has 1 amide bonds. The van der Waals surface area contributed by atoms with Gasteiger partial charge in [0, 0.05) is 32.1 Å². The Kier molecular flexibility index (Phi) is 6.42. The monoisotopic (exact) mass is 228 g/mol. The Balaban J connectivity index is 2.29. The molecule has 1 aliphatic carbocycles. The first-order valence-electron chi connectivity index (χ1n) is 6.39. The van der Waals surface area contributed by atoms with Gasteiger partial charge in [-0.25, -0.2) is 0 Å². The fourth-order valence-electron chi connectivity index (χ4n) is 2.41. The van der Waals surface area contributed by atoms with Crippen LogP contribution in [-0.4, -0.2) is 48.2 Å². The highest BCUT2D eigenvalue weighted by molar-refractivity contribution is 5.75. The third-order valence-corrected chi connectivity index (χ3v) is 3.23. The van der Waals surface area contributed by atoms with E-state index in [1.165, 1.54) is 25.7 Å². The Morgan fingerprint density at radius 3 is 2.62 bits per heavy atom. The van der Waals surface area contributed by atoms with Gasteiger partial charge in [-0.15, -0.1) is 0 Å². The van der Waals surface area contributed by atoms with Gasteiger partial charge in [-0.3, -0.25) is 9.69 Å². The Labute approximate surface area is 98.0 Å². The number of aliphatic hydroxyl groups excluding tert-OH is 1. The molecule has 1 rings (SSSR count). The van der Waals surface area contributed by atoms with Crippen LogP contribution in [0, 0.1) is 0 Å². The van der Waals surface area contributed by atoms with E-state index in [0.717, 1.165) is 6.54 Å². The molecule has 0 aliphatic heterocycles. The Hall–Kier alpha value is -0.610. The van der Waals surface area contributed by atoms with E-state index in [-0.39, 0.29) is 12.5 Å². The average Bonchev–Trinajstić information content (AvgIpc) is 2.78. The number of nitrogens with one attached hydrogen (secondary N) is 1. The summed E-state index contributed by atoms with van der Waals surface area (Å²) in [6.07, 6.45) is 5.55. The zero-order valence-electron chi connectivity index (χ0n) is 10.2. The van der Waals surface area contributed by atoms with E-state index in [2.05, 4.69) is 10.2 Å². The second kappa shape index (κ2) is 7.63. The molecule has 4 nitrogen and oxygen atoms in total. The molecule has 0 aromatic heterocycles. The van der Waals surface area contributed by atoms with Crippen LogP contribution in [-0.2, 0) is 4.79 Å². The van der Waals surface area contributed by atoms with Crippen molar-refractivity contribution in [2.75, 3.05) is 26.2 Å². The second-order valence-electron chi connectivity index (χ2n) is 4.40. The number of carbonyl (C=O) groups excluding carboxylic acids is 1. The molecule has 1 aliphatic rings. The SMILES string of the molecule is CCNC(=O)CCN(CCO)C1CCCC1. The van der Waals surface area contributed by atoms with Crippen molar-refractivity contribution < 1.29 is 9.90 Å². The van der Waals surface area contributed by atoms with Crippen LogP contribution in [0.15, 0.2) is 0 Å². The first-order chi connectivity index (χ1) is 7.77. The maximum Gasteiger partial charge on any atom is 0.221 e. The summed E-state index contributed by atoms with van der Waals surface area (Å²) >= 11 is 0. The highest BCUT2D eigenvalue weighted by Crippen LogP contribution is 2.23. The summed E-state index contributed by atoms with van der Waals surface area (Å²) in [6, 6.07) is 0.585. The number of aliphatic hydroxyl groups is 1. The van der Waals surface area contributed by atoms with Gasteiger partial charge in [0.05, 0.1) is 6.61 Å². The van der Waals surface area contributed by atoms with Gasteiger partial charge < -0.3 is 10.4 Å². The molecule has 0 saturated heterocycles. The summed E-state index contributed by atoms with van der Waals surface area (Å²) < 4.78 is 0. The first kappa shape index (κ1) is 13.5. The van der Waals surface area contributed by atoms with Gasteiger partial charge in [-0.1, -0.05) is 12.8 Å². The molecule has 0 heterocycles. The highest BCUT2D eigenvalue weighted by Gasteiger charge is 2.22. The van der Waals surface area contributed by atoms with Crippen molar-refractivity contribution in [1.29, 1.82) is 0 Å². The van der Waals surface area contributed by atoms with E-state index in [9.17, 15) is 4.79 Å². The van der Waals surface area contributed by atoms with Crippen LogP contribution < -0.4 is 5.32 Å². The van der Waals surface area contributed by atoms with Gasteiger partial charge in [0.1, 0.15) is 0 Å². The minimum atomic E-state index is 0.114. The molecule has 0 bridgehead atoms. The largest absolute Gasteiger partial charge is 0.395 e. The Morgan fingerprint density at radius 2 is 2.06 bits per heavy atom. The van der Waals surface area contributed by atoms with E-state index in [4.69, 9.17) is 5.11 Å². The van der Waals surface area contributed by atoms with Crippen molar-refractivity contribution in [1.82, 2.24) is 10.2 Å². The van der Waals surface area contributed by atoms with Crippen molar-refractivity contribution in [3.63, 3.8) is 0 Å². The molecule has 2 N–H and O–H groups in total. The van der Waals surface area contributed by atoms with Crippen LogP contribution in [0.2, 0.25) is 0 Å². The second-order valence-corrected chi connectivity index (χ2v) is 4.40. The van der Waals surface area contributed by atoms with Crippen LogP contribution in [0.1, 0.15) is 39.0 Å². The summed E-state index contributed by atoms with van der Waals surface area (Å²) in [6.45, 7) is 4.29. The predicted octanol–water partition coefficient (Wildman–Crippen LogP) is 0.749. The van der Waals surface area contributed by atoms with Crippen LogP contribution in [0.3, 0.4) is 0 Å². The zero-order chi connectivity index (χ0) is 11.8. The van der Waals surface area contributed by atoms with Crippen LogP contribution in [0.25, 0.3) is 0 Å². The van der Waals surface area contributed by atoms with Gasteiger partial charge in [0.2, 0.25) is 5.91 Å². The van der Waals surface area contributed by atoms with Gasteiger partial charge in [0.15, 0.2) is 0 Å². The fraction of sp³-hybridized carbons (Fsp3) is 0.917. The van der Waals surface area contributed by atoms with Crippen molar-refractivity contribution in [2.24, 2.45) is 0 Å². The van der Waals surface area contributed by atoms with E-state index >= 15 is 0 Å². The van der Waals surface area contributed by atoms with E-state index < -0.39 is 0 Å². The van der Waals surface area contributed by atoms with Crippen LogP contribution in [0.4, 0.5) is 0 Å². The highest BCUT2D eigenvalue weighted by atomic mass is 16.3. The number of rotatable bonds is 7. The molecule has 0 unspecified atom stereocenters. The molecule has 4 heteroatoms. The molecule has 0 atom stereocenters. The molecular weight excluding hydrogens is 204 g/mol. The van der Waals surface area contributed by atoms with Gasteiger partial charge in [0.25, 0.3) is 0 Å². The summed E-state index contributed by atoms with van der Waals surface area (Å²) in [4.78, 5) is 13.6. The normalized spacial score (nSPS) is 16.9. The smallest absolute Gasteiger partial charge is 0.221 e. The molecule has 0 radical (unpaired) electrons. The van der Waals surface area contributed by atoms with Crippen molar-refractivity contribution in [3.8, 4) is 0 Å². The predicted molar refractivity (Wildman–Crippen MR) is 64.2 cm³/mol. The van der Waals surface area contributed by atoms with E-state index in [1.807, 2.05) is 6.92 Å². The Bertz CT molecular complexity index is 203. The molecule has 16 heavy (non-hydrogen) atoms. The van der Waals surface area contributed by atoms with E-state index in [1.54, 1.807) is 0 Å². The Morgan fingerprint density at radius 1 is 1.38 bits per heavy atom. The lowest BCUT2D eigenvalue weighted by Gasteiger charge is -2.27.